The Labute approximate surface area is 126 Å². The number of carbonyl (C=O) groups is 2. The Bertz CT molecular complexity index is 543. The summed E-state index contributed by atoms with van der Waals surface area (Å²) in [5.74, 6) is -1.10. The predicted molar refractivity (Wildman–Crippen MR) is 76.8 cm³/mol. The maximum absolute atomic E-state index is 11.8. The van der Waals surface area contributed by atoms with Gasteiger partial charge in [0.05, 0.1) is 23.1 Å². The molecule has 106 valence electrons. The number of hydrogen-bond acceptors (Lipinski definition) is 5. The van der Waals surface area contributed by atoms with Crippen LogP contribution in [0, 0.1) is 11.3 Å². The topological polar surface area (TPSA) is 79.2 Å². The van der Waals surface area contributed by atoms with Crippen LogP contribution in [0.1, 0.15) is 16.8 Å². The number of ether oxygens (including phenoxy) is 1. The molecule has 0 fully saturated rings. The quantitative estimate of drug-likeness (QED) is 0.495. The van der Waals surface area contributed by atoms with Crippen molar-refractivity contribution in [2.75, 3.05) is 19.4 Å². The number of benzene rings is 1. The molecule has 0 aliphatic heterocycles. The number of nitriles is 1. The molecule has 5 nitrogen and oxygen atoms in total. The van der Waals surface area contributed by atoms with Crippen molar-refractivity contribution in [2.45, 2.75) is 11.3 Å². The van der Waals surface area contributed by atoms with E-state index in [1.165, 1.54) is 11.8 Å². The first-order chi connectivity index (χ1) is 9.58. The summed E-state index contributed by atoms with van der Waals surface area (Å²) in [4.78, 5) is 24.0. The zero-order chi connectivity index (χ0) is 15.0. The molecule has 0 atom stereocenters. The van der Waals surface area contributed by atoms with Crippen LogP contribution in [0.2, 0.25) is 5.02 Å². The second-order valence-corrected chi connectivity index (χ2v) is 4.97. The molecule has 1 aromatic rings. The zero-order valence-electron chi connectivity index (χ0n) is 10.8. The Kier molecular flexibility index (Phi) is 6.91. The van der Waals surface area contributed by atoms with E-state index in [-0.39, 0.29) is 23.6 Å². The Morgan fingerprint density at radius 3 is 2.90 bits per heavy atom. The third-order valence-electron chi connectivity index (χ3n) is 2.29. The van der Waals surface area contributed by atoms with Crippen LogP contribution in [-0.4, -0.2) is 31.3 Å². The third kappa shape index (κ3) is 5.11. The first kappa shape index (κ1) is 16.3. The molecule has 0 aromatic heterocycles. The first-order valence-electron chi connectivity index (χ1n) is 5.72. The van der Waals surface area contributed by atoms with Gasteiger partial charge in [-0.1, -0.05) is 11.6 Å². The molecule has 20 heavy (non-hydrogen) atoms. The van der Waals surface area contributed by atoms with E-state index in [9.17, 15) is 9.59 Å². The van der Waals surface area contributed by atoms with Crippen molar-refractivity contribution in [1.29, 1.82) is 5.26 Å². The fraction of sp³-hybridized carbons (Fsp3) is 0.308. The molecule has 0 saturated heterocycles. The van der Waals surface area contributed by atoms with Crippen LogP contribution in [0.15, 0.2) is 23.1 Å². The fourth-order valence-corrected chi connectivity index (χ4v) is 1.94. The number of nitrogens with one attached hydrogen (secondary N) is 1. The molecule has 0 aliphatic carbocycles. The van der Waals surface area contributed by atoms with Gasteiger partial charge in [0.2, 0.25) is 0 Å². The average Bonchev–Trinajstić information content (AvgIpc) is 2.45. The Balaban J connectivity index is 2.55. The van der Waals surface area contributed by atoms with E-state index in [1.54, 1.807) is 18.2 Å². The smallest absolute Gasteiger partial charge is 0.340 e. The molecule has 1 amide bonds. The number of nitrogens with zero attached hydrogens (tertiary/aromatic N) is 1. The molecule has 0 spiro atoms. The SMILES string of the molecule is CSc1ccc(Cl)c(C(=O)OCC(=O)NCCC#N)c1. The van der Waals surface area contributed by atoms with E-state index in [4.69, 9.17) is 21.6 Å². The summed E-state index contributed by atoms with van der Waals surface area (Å²) in [5.41, 5.74) is 0.225. The van der Waals surface area contributed by atoms with E-state index in [0.717, 1.165) is 4.90 Å². The van der Waals surface area contributed by atoms with E-state index in [2.05, 4.69) is 5.32 Å². The van der Waals surface area contributed by atoms with Crippen molar-refractivity contribution < 1.29 is 14.3 Å². The fourth-order valence-electron chi connectivity index (χ4n) is 1.31. The van der Waals surface area contributed by atoms with Gasteiger partial charge in [-0.2, -0.15) is 5.26 Å². The van der Waals surface area contributed by atoms with Crippen LogP contribution in [0.4, 0.5) is 0 Å². The zero-order valence-corrected chi connectivity index (χ0v) is 12.4. The lowest BCUT2D eigenvalue weighted by Gasteiger charge is -2.07. The molecule has 1 N–H and O–H groups in total. The minimum absolute atomic E-state index is 0.210. The molecule has 0 radical (unpaired) electrons. The van der Waals surface area contributed by atoms with E-state index in [1.807, 2.05) is 12.3 Å². The van der Waals surface area contributed by atoms with Crippen molar-refractivity contribution in [2.24, 2.45) is 0 Å². The first-order valence-corrected chi connectivity index (χ1v) is 7.33. The van der Waals surface area contributed by atoms with Crippen molar-refractivity contribution in [1.82, 2.24) is 5.32 Å². The lowest BCUT2D eigenvalue weighted by molar-refractivity contribution is -0.124. The van der Waals surface area contributed by atoms with Crippen LogP contribution in [0.25, 0.3) is 0 Å². The van der Waals surface area contributed by atoms with Crippen LogP contribution < -0.4 is 5.32 Å². The van der Waals surface area contributed by atoms with Crippen molar-refractivity contribution in [3.8, 4) is 6.07 Å². The van der Waals surface area contributed by atoms with E-state index in [0.29, 0.717) is 0 Å². The molecule has 7 heteroatoms. The van der Waals surface area contributed by atoms with Gasteiger partial charge in [-0.15, -0.1) is 11.8 Å². The van der Waals surface area contributed by atoms with E-state index >= 15 is 0 Å². The Hall–Kier alpha value is -1.71. The standard InChI is InChI=1S/C13H13ClN2O3S/c1-20-9-3-4-11(14)10(7-9)13(18)19-8-12(17)16-6-2-5-15/h3-4,7H,2,6,8H2,1H3,(H,16,17). The van der Waals surface area contributed by atoms with Gasteiger partial charge in [0.1, 0.15) is 0 Å². The highest BCUT2D eigenvalue weighted by Gasteiger charge is 2.14. The molecular formula is C13H13ClN2O3S. The van der Waals surface area contributed by atoms with Gasteiger partial charge in [0.25, 0.3) is 5.91 Å². The summed E-state index contributed by atoms with van der Waals surface area (Å²) < 4.78 is 4.87. The van der Waals surface area contributed by atoms with Crippen molar-refractivity contribution in [3.05, 3.63) is 28.8 Å². The third-order valence-corrected chi connectivity index (χ3v) is 3.34. The lowest BCUT2D eigenvalue weighted by atomic mass is 10.2. The molecule has 0 saturated carbocycles. The summed E-state index contributed by atoms with van der Waals surface area (Å²) in [5, 5.41) is 11.0. The number of halogens is 1. The highest BCUT2D eigenvalue weighted by molar-refractivity contribution is 7.98. The monoisotopic (exact) mass is 312 g/mol. The minimum atomic E-state index is -0.652. The van der Waals surface area contributed by atoms with Gasteiger partial charge >= 0.3 is 5.97 Å². The van der Waals surface area contributed by atoms with Gasteiger partial charge in [0, 0.05) is 11.4 Å². The summed E-state index contributed by atoms with van der Waals surface area (Å²) >= 11 is 7.39. The largest absolute Gasteiger partial charge is 0.452 e. The number of thioether (sulfide) groups is 1. The number of hydrogen-bond donors (Lipinski definition) is 1. The van der Waals surface area contributed by atoms with Crippen molar-refractivity contribution in [3.63, 3.8) is 0 Å². The maximum atomic E-state index is 11.8. The van der Waals surface area contributed by atoms with Gasteiger partial charge in [-0.05, 0) is 24.5 Å². The normalized spacial score (nSPS) is 9.65. The molecular weight excluding hydrogens is 300 g/mol. The van der Waals surface area contributed by atoms with Gasteiger partial charge in [-0.3, -0.25) is 4.79 Å². The second-order valence-electron chi connectivity index (χ2n) is 3.68. The molecule has 0 bridgehead atoms. The number of esters is 1. The molecule has 1 aromatic carbocycles. The molecule has 0 unspecified atom stereocenters. The number of rotatable bonds is 6. The lowest BCUT2D eigenvalue weighted by Crippen LogP contribution is -2.29. The number of amides is 1. The van der Waals surface area contributed by atoms with Crippen LogP contribution >= 0.6 is 23.4 Å². The number of carbonyl (C=O) groups excluding carboxylic acids is 2. The van der Waals surface area contributed by atoms with Crippen LogP contribution in [0.3, 0.4) is 0 Å². The summed E-state index contributed by atoms with van der Waals surface area (Å²) in [6.07, 6.45) is 2.09. The summed E-state index contributed by atoms with van der Waals surface area (Å²) in [6.45, 7) is -0.167. The predicted octanol–water partition coefficient (Wildman–Crippen LogP) is 2.25. The van der Waals surface area contributed by atoms with Gasteiger partial charge in [0.15, 0.2) is 6.61 Å². The summed E-state index contributed by atoms with van der Waals surface area (Å²) in [7, 11) is 0. The Morgan fingerprint density at radius 1 is 1.50 bits per heavy atom. The Morgan fingerprint density at radius 2 is 2.25 bits per heavy atom. The van der Waals surface area contributed by atoms with Crippen LogP contribution in [-0.2, 0) is 9.53 Å². The second kappa shape index (κ2) is 8.46. The molecule has 1 rings (SSSR count). The maximum Gasteiger partial charge on any atom is 0.340 e. The molecule has 0 aliphatic rings. The average molecular weight is 313 g/mol. The van der Waals surface area contributed by atoms with Crippen molar-refractivity contribution >= 4 is 35.2 Å². The van der Waals surface area contributed by atoms with Gasteiger partial charge < -0.3 is 10.1 Å². The van der Waals surface area contributed by atoms with E-state index < -0.39 is 18.5 Å². The highest BCUT2D eigenvalue weighted by Crippen LogP contribution is 2.23. The summed E-state index contributed by atoms with van der Waals surface area (Å²) in [6, 6.07) is 6.90. The van der Waals surface area contributed by atoms with Crippen LogP contribution in [0.5, 0.6) is 0 Å². The van der Waals surface area contributed by atoms with Gasteiger partial charge in [-0.25, -0.2) is 4.79 Å². The highest BCUT2D eigenvalue weighted by atomic mass is 35.5. The molecule has 0 heterocycles. The minimum Gasteiger partial charge on any atom is -0.452 e.